The molecule has 0 aromatic heterocycles. The molecule has 2 atom stereocenters. The standard InChI is InChI=1S/C23H32N4O3/c24-21(28)20-19-3-1-2-11-26(19)22(29)27(20)18-6-4-17(5-7-18)23(8-9-23)10-12-25-13-15-30-16-14-25/h4-7,19-20H,1-3,8-16H2,(H2,24,28)/t19-,20?/m1/s1. The molecule has 3 heterocycles. The summed E-state index contributed by atoms with van der Waals surface area (Å²) in [5.41, 5.74) is 8.14. The average molecular weight is 413 g/mol. The van der Waals surface area contributed by atoms with E-state index in [-0.39, 0.29) is 17.5 Å². The number of rotatable bonds is 6. The van der Waals surface area contributed by atoms with Gasteiger partial charge in [0.1, 0.15) is 6.04 Å². The van der Waals surface area contributed by atoms with Gasteiger partial charge in [-0.05, 0) is 68.2 Å². The molecule has 162 valence electrons. The van der Waals surface area contributed by atoms with E-state index in [2.05, 4.69) is 17.0 Å². The monoisotopic (exact) mass is 412 g/mol. The van der Waals surface area contributed by atoms with Gasteiger partial charge < -0.3 is 15.4 Å². The first kappa shape index (κ1) is 19.8. The van der Waals surface area contributed by atoms with Crippen molar-refractivity contribution in [3.63, 3.8) is 0 Å². The van der Waals surface area contributed by atoms with Crippen LogP contribution in [0, 0.1) is 0 Å². The highest BCUT2D eigenvalue weighted by molar-refractivity contribution is 6.03. The van der Waals surface area contributed by atoms with E-state index < -0.39 is 11.9 Å². The summed E-state index contributed by atoms with van der Waals surface area (Å²) >= 11 is 0. The largest absolute Gasteiger partial charge is 0.379 e. The van der Waals surface area contributed by atoms with Crippen LogP contribution in [0.15, 0.2) is 24.3 Å². The van der Waals surface area contributed by atoms with Crippen LogP contribution >= 0.6 is 0 Å². The number of hydrogen-bond acceptors (Lipinski definition) is 4. The fourth-order valence-electron chi connectivity index (χ4n) is 5.55. The van der Waals surface area contributed by atoms with E-state index in [0.717, 1.165) is 64.2 Å². The Balaban J connectivity index is 1.32. The van der Waals surface area contributed by atoms with Crippen LogP contribution in [-0.2, 0) is 14.9 Å². The van der Waals surface area contributed by atoms with Gasteiger partial charge in [-0.25, -0.2) is 4.79 Å². The van der Waals surface area contributed by atoms with E-state index in [4.69, 9.17) is 10.5 Å². The fraction of sp³-hybridized carbons (Fsp3) is 0.652. The lowest BCUT2D eigenvalue weighted by atomic mass is 9.91. The Kier molecular flexibility index (Phi) is 5.19. The minimum atomic E-state index is -0.570. The third-order valence-corrected chi connectivity index (χ3v) is 7.56. The highest BCUT2D eigenvalue weighted by atomic mass is 16.5. The smallest absolute Gasteiger partial charge is 0.325 e. The lowest BCUT2D eigenvalue weighted by Gasteiger charge is -2.29. The van der Waals surface area contributed by atoms with Crippen LogP contribution in [0.1, 0.15) is 44.1 Å². The number of carbonyl (C=O) groups excluding carboxylic acids is 2. The number of hydrogen-bond donors (Lipinski definition) is 1. The van der Waals surface area contributed by atoms with Crippen molar-refractivity contribution in [3.05, 3.63) is 29.8 Å². The van der Waals surface area contributed by atoms with E-state index in [9.17, 15) is 9.59 Å². The van der Waals surface area contributed by atoms with Gasteiger partial charge in [0.25, 0.3) is 0 Å². The highest BCUT2D eigenvalue weighted by Crippen LogP contribution is 2.51. The number of fused-ring (bicyclic) bond motifs is 1. The number of amides is 3. The molecule has 30 heavy (non-hydrogen) atoms. The zero-order chi connectivity index (χ0) is 20.7. The van der Waals surface area contributed by atoms with Gasteiger partial charge in [-0.3, -0.25) is 14.6 Å². The van der Waals surface area contributed by atoms with Crippen LogP contribution in [0.25, 0.3) is 0 Å². The zero-order valence-corrected chi connectivity index (χ0v) is 17.6. The molecule has 1 unspecified atom stereocenters. The quantitative estimate of drug-likeness (QED) is 0.776. The van der Waals surface area contributed by atoms with Gasteiger partial charge in [0, 0.05) is 25.3 Å². The highest BCUT2D eigenvalue weighted by Gasteiger charge is 2.50. The van der Waals surface area contributed by atoms with E-state index in [1.807, 2.05) is 17.0 Å². The summed E-state index contributed by atoms with van der Waals surface area (Å²) in [7, 11) is 0. The number of carbonyl (C=O) groups is 2. The first-order valence-electron chi connectivity index (χ1n) is 11.4. The van der Waals surface area contributed by atoms with Crippen LogP contribution in [0.5, 0.6) is 0 Å². The Morgan fingerprint density at radius 3 is 2.50 bits per heavy atom. The molecular weight excluding hydrogens is 380 g/mol. The summed E-state index contributed by atoms with van der Waals surface area (Å²) in [5, 5.41) is 0. The Bertz CT molecular complexity index is 801. The number of benzene rings is 1. The predicted octanol–water partition coefficient (Wildman–Crippen LogP) is 2.09. The van der Waals surface area contributed by atoms with Crippen molar-refractivity contribution in [2.24, 2.45) is 5.73 Å². The van der Waals surface area contributed by atoms with E-state index >= 15 is 0 Å². The van der Waals surface area contributed by atoms with Crippen LogP contribution in [-0.4, -0.2) is 73.2 Å². The number of urea groups is 1. The SMILES string of the molecule is NC(=O)C1[C@H]2CCCCN2C(=O)N1c1ccc(C2(CCN3CCOCC3)CC2)cc1. The van der Waals surface area contributed by atoms with Gasteiger partial charge in [0.2, 0.25) is 5.91 Å². The molecule has 2 N–H and O–H groups in total. The molecule has 1 aromatic rings. The molecule has 0 bridgehead atoms. The first-order chi connectivity index (χ1) is 14.6. The van der Waals surface area contributed by atoms with Gasteiger partial charge in [-0.15, -0.1) is 0 Å². The van der Waals surface area contributed by atoms with Crippen molar-refractivity contribution in [3.8, 4) is 0 Å². The number of piperidine rings is 1. The molecule has 0 radical (unpaired) electrons. The van der Waals surface area contributed by atoms with Crippen LogP contribution in [0.2, 0.25) is 0 Å². The van der Waals surface area contributed by atoms with Gasteiger partial charge in [0.05, 0.1) is 19.3 Å². The normalized spacial score (nSPS) is 28.5. The van der Waals surface area contributed by atoms with Gasteiger partial charge in [-0.2, -0.15) is 0 Å². The summed E-state index contributed by atoms with van der Waals surface area (Å²) in [4.78, 5) is 31.3. The van der Waals surface area contributed by atoms with Gasteiger partial charge in [-0.1, -0.05) is 12.1 Å². The predicted molar refractivity (Wildman–Crippen MR) is 114 cm³/mol. The third kappa shape index (κ3) is 3.48. The minimum Gasteiger partial charge on any atom is -0.379 e. The van der Waals surface area contributed by atoms with Crippen molar-refractivity contribution in [2.75, 3.05) is 44.3 Å². The minimum absolute atomic E-state index is 0.0790. The third-order valence-electron chi connectivity index (χ3n) is 7.56. The Hall–Kier alpha value is -2.12. The summed E-state index contributed by atoms with van der Waals surface area (Å²) in [5.74, 6) is -0.411. The van der Waals surface area contributed by atoms with Gasteiger partial charge >= 0.3 is 6.03 Å². The number of ether oxygens (including phenoxy) is 1. The second-order valence-corrected chi connectivity index (χ2v) is 9.29. The van der Waals surface area contributed by atoms with Crippen LogP contribution in [0.3, 0.4) is 0 Å². The molecule has 3 aliphatic heterocycles. The molecule has 1 aliphatic carbocycles. The first-order valence-corrected chi connectivity index (χ1v) is 11.4. The molecule has 1 saturated carbocycles. The molecule has 4 fully saturated rings. The maximum Gasteiger partial charge on any atom is 0.325 e. The van der Waals surface area contributed by atoms with Crippen molar-refractivity contribution >= 4 is 17.6 Å². The summed E-state index contributed by atoms with van der Waals surface area (Å²) in [6.45, 7) is 5.55. The maximum atomic E-state index is 13.1. The molecular formula is C23H32N4O3. The second-order valence-electron chi connectivity index (χ2n) is 9.29. The van der Waals surface area contributed by atoms with Crippen LogP contribution in [0.4, 0.5) is 10.5 Å². The van der Waals surface area contributed by atoms with Crippen molar-refractivity contribution in [2.45, 2.75) is 56.0 Å². The molecule has 0 spiro atoms. The number of primary amides is 1. The van der Waals surface area contributed by atoms with Gasteiger partial charge in [0.15, 0.2) is 0 Å². The average Bonchev–Trinajstić information content (AvgIpc) is 3.51. The topological polar surface area (TPSA) is 79.1 Å². The molecule has 3 saturated heterocycles. The number of nitrogens with two attached hydrogens (primary N) is 1. The lowest BCUT2D eigenvalue weighted by molar-refractivity contribution is -0.119. The molecule has 5 rings (SSSR count). The zero-order valence-electron chi connectivity index (χ0n) is 17.6. The van der Waals surface area contributed by atoms with Crippen molar-refractivity contribution < 1.29 is 14.3 Å². The van der Waals surface area contributed by atoms with E-state index in [0.29, 0.717) is 6.54 Å². The van der Waals surface area contributed by atoms with E-state index in [1.165, 1.54) is 18.4 Å². The summed E-state index contributed by atoms with van der Waals surface area (Å²) in [6, 6.07) is 7.60. The van der Waals surface area contributed by atoms with Crippen LogP contribution < -0.4 is 10.6 Å². The Labute approximate surface area is 178 Å². The number of morpholine rings is 1. The Morgan fingerprint density at radius 2 is 1.83 bits per heavy atom. The lowest BCUT2D eigenvalue weighted by Crippen LogP contribution is -2.48. The summed E-state index contributed by atoms with van der Waals surface area (Å²) in [6.07, 6.45) is 6.48. The van der Waals surface area contributed by atoms with E-state index in [1.54, 1.807) is 4.90 Å². The molecule has 7 heteroatoms. The molecule has 4 aliphatic rings. The summed E-state index contributed by atoms with van der Waals surface area (Å²) < 4.78 is 5.45. The van der Waals surface area contributed by atoms with Crippen molar-refractivity contribution in [1.82, 2.24) is 9.80 Å². The maximum absolute atomic E-state index is 13.1. The number of nitrogens with zero attached hydrogens (tertiary/aromatic N) is 3. The molecule has 3 amide bonds. The molecule has 7 nitrogen and oxygen atoms in total. The Morgan fingerprint density at radius 1 is 1.10 bits per heavy atom. The fourth-order valence-corrected chi connectivity index (χ4v) is 5.55. The van der Waals surface area contributed by atoms with Crippen molar-refractivity contribution in [1.29, 1.82) is 0 Å². The number of anilines is 1. The molecule has 1 aromatic carbocycles. The second kappa shape index (κ2) is 7.85.